The van der Waals surface area contributed by atoms with Crippen molar-refractivity contribution in [1.29, 1.82) is 0 Å². The second-order valence-electron chi connectivity index (χ2n) is 5.28. The molecule has 4 heteroatoms. The normalized spacial score (nSPS) is 11.6. The summed E-state index contributed by atoms with van der Waals surface area (Å²) in [4.78, 5) is 0.469. The fourth-order valence-corrected chi connectivity index (χ4v) is 2.45. The summed E-state index contributed by atoms with van der Waals surface area (Å²) in [6.45, 7) is 8.29. The van der Waals surface area contributed by atoms with Crippen molar-refractivity contribution in [2.24, 2.45) is 0 Å². The molecule has 118 valence electrons. The van der Waals surface area contributed by atoms with Crippen LogP contribution in [0.2, 0.25) is 0 Å². The van der Waals surface area contributed by atoms with Gasteiger partial charge in [-0.3, -0.25) is 0 Å². The molecule has 2 rings (SSSR count). The number of hydrogen-bond acceptors (Lipinski definition) is 2. The van der Waals surface area contributed by atoms with Gasteiger partial charge >= 0.3 is 0 Å². The van der Waals surface area contributed by atoms with E-state index >= 15 is 0 Å². The minimum Gasteiger partial charge on any atom is -0.502 e. The molecule has 1 aromatic carbocycles. The van der Waals surface area contributed by atoms with E-state index < -0.39 is 0 Å². The minimum atomic E-state index is 0.144. The number of aryl methyl sites for hydroxylation is 2. The maximum Gasteiger partial charge on any atom is 0.287 e. The summed E-state index contributed by atoms with van der Waals surface area (Å²) in [5.74, 6) is 0.144. The average molecular weight is 325 g/mol. The molecule has 1 aromatic heterocycles. The van der Waals surface area contributed by atoms with Gasteiger partial charge in [-0.2, -0.15) is 4.57 Å². The molecule has 23 heavy (non-hydrogen) atoms. The summed E-state index contributed by atoms with van der Waals surface area (Å²) in [7, 11) is 0. The number of thiocarbonyl (C=S) groups is 1. The van der Waals surface area contributed by atoms with E-state index in [1.807, 2.05) is 67.2 Å². The Morgan fingerprint density at radius 2 is 1.91 bits per heavy atom. The Bertz CT molecular complexity index is 751. The van der Waals surface area contributed by atoms with Crippen LogP contribution in [-0.2, 0) is 0 Å². The Kier molecular flexibility index (Phi) is 5.66. The Balaban J connectivity index is 2.56. The van der Waals surface area contributed by atoms with Crippen LogP contribution in [0.4, 0.5) is 0 Å². The summed E-state index contributed by atoms with van der Waals surface area (Å²) in [6.07, 6.45) is 5.44. The summed E-state index contributed by atoms with van der Waals surface area (Å²) >= 11 is 5.46. The van der Waals surface area contributed by atoms with Gasteiger partial charge in [0.1, 0.15) is 0 Å². The van der Waals surface area contributed by atoms with Crippen LogP contribution >= 0.6 is 12.2 Å². The lowest BCUT2D eigenvalue weighted by molar-refractivity contribution is -0.576. The molecule has 0 spiro atoms. The lowest BCUT2D eigenvalue weighted by Crippen LogP contribution is -2.40. The monoisotopic (exact) mass is 325 g/mol. The number of benzene rings is 1. The molecule has 0 unspecified atom stereocenters. The van der Waals surface area contributed by atoms with Gasteiger partial charge in [0.15, 0.2) is 23.1 Å². The van der Waals surface area contributed by atoms with E-state index in [4.69, 9.17) is 12.2 Å². The average Bonchev–Trinajstić information content (AvgIpc) is 2.56. The molecule has 0 aliphatic rings. The van der Waals surface area contributed by atoms with Gasteiger partial charge in [-0.1, -0.05) is 36.5 Å². The fraction of sp³-hybridized carbons (Fsp3) is 0.158. The van der Waals surface area contributed by atoms with Gasteiger partial charge < -0.3 is 10.4 Å². The lowest BCUT2D eigenvalue weighted by Gasteiger charge is -2.10. The number of rotatable bonds is 5. The van der Waals surface area contributed by atoms with Crippen LogP contribution in [-0.4, -0.2) is 16.6 Å². The summed E-state index contributed by atoms with van der Waals surface area (Å²) in [5, 5.41) is 13.9. The third-order valence-electron chi connectivity index (χ3n) is 3.60. The van der Waals surface area contributed by atoms with Gasteiger partial charge in [0.05, 0.1) is 0 Å². The first-order chi connectivity index (χ1) is 11.0. The third-order valence-corrected chi connectivity index (χ3v) is 3.94. The predicted molar refractivity (Wildman–Crippen MR) is 99.1 cm³/mol. The highest BCUT2D eigenvalue weighted by Crippen LogP contribution is 2.20. The number of aromatic nitrogens is 1. The van der Waals surface area contributed by atoms with Crippen LogP contribution in [0, 0.1) is 13.8 Å². The van der Waals surface area contributed by atoms with Crippen molar-refractivity contribution in [2.75, 3.05) is 6.54 Å². The molecule has 2 aromatic rings. The molecule has 0 bridgehead atoms. The highest BCUT2D eigenvalue weighted by atomic mass is 32.1. The van der Waals surface area contributed by atoms with Crippen molar-refractivity contribution < 1.29 is 9.67 Å². The topological polar surface area (TPSA) is 36.1 Å². The van der Waals surface area contributed by atoms with Gasteiger partial charge in [0.2, 0.25) is 0 Å². The van der Waals surface area contributed by atoms with Gasteiger partial charge in [-0.15, -0.1) is 6.58 Å². The molecule has 0 fully saturated rings. The maximum absolute atomic E-state index is 10.8. The molecule has 0 saturated heterocycles. The first kappa shape index (κ1) is 16.9. The second kappa shape index (κ2) is 7.70. The quantitative estimate of drug-likeness (QED) is 0.290. The summed E-state index contributed by atoms with van der Waals surface area (Å²) in [6, 6.07) is 11.6. The SMILES string of the molecule is C=CCNC(=S)/C(=C(/O)c1ccc(C)c(C)c1)[n+]1ccccc1. The highest BCUT2D eigenvalue weighted by Gasteiger charge is 2.23. The largest absolute Gasteiger partial charge is 0.502 e. The van der Waals surface area contributed by atoms with E-state index in [2.05, 4.69) is 11.9 Å². The zero-order chi connectivity index (χ0) is 16.8. The number of aliphatic hydroxyl groups is 1. The first-order valence-corrected chi connectivity index (χ1v) is 7.82. The van der Waals surface area contributed by atoms with E-state index in [1.165, 1.54) is 5.56 Å². The van der Waals surface area contributed by atoms with E-state index in [0.717, 1.165) is 11.1 Å². The van der Waals surface area contributed by atoms with E-state index in [0.29, 0.717) is 17.2 Å². The van der Waals surface area contributed by atoms with E-state index in [1.54, 1.807) is 6.08 Å². The van der Waals surface area contributed by atoms with Gasteiger partial charge in [0, 0.05) is 24.2 Å². The Labute approximate surface area is 142 Å². The predicted octanol–water partition coefficient (Wildman–Crippen LogP) is 3.58. The van der Waals surface area contributed by atoms with Crippen LogP contribution in [0.3, 0.4) is 0 Å². The Hall–Kier alpha value is -2.46. The first-order valence-electron chi connectivity index (χ1n) is 7.41. The lowest BCUT2D eigenvalue weighted by atomic mass is 10.0. The molecule has 2 N–H and O–H groups in total. The molecule has 0 saturated carbocycles. The summed E-state index contributed by atoms with van der Waals surface area (Å²) < 4.78 is 1.81. The van der Waals surface area contributed by atoms with E-state index in [-0.39, 0.29) is 5.76 Å². The maximum atomic E-state index is 10.8. The molecule has 0 radical (unpaired) electrons. The number of hydrogen-bond donors (Lipinski definition) is 2. The van der Waals surface area contributed by atoms with Gasteiger partial charge in [-0.25, -0.2) is 0 Å². The standard InChI is InChI=1S/C19H20N2OS/c1-4-10-20-19(23)17(21-11-6-5-7-12-21)18(22)16-9-8-14(2)15(3)13-16/h4-9,11-13H,1,10H2,2-3H3,(H-,20,22,23)/p+1. The van der Waals surface area contributed by atoms with Crippen molar-refractivity contribution in [3.05, 3.63) is 78.1 Å². The van der Waals surface area contributed by atoms with Crippen molar-refractivity contribution in [3.63, 3.8) is 0 Å². The Morgan fingerprint density at radius 3 is 2.52 bits per heavy atom. The molecular weight excluding hydrogens is 304 g/mol. The van der Waals surface area contributed by atoms with Gasteiger partial charge in [-0.05, 0) is 31.0 Å². The number of nitrogens with zero attached hydrogens (tertiary/aromatic N) is 1. The fourth-order valence-electron chi connectivity index (χ4n) is 2.17. The summed E-state index contributed by atoms with van der Waals surface area (Å²) in [5.41, 5.74) is 3.59. The molecule has 3 nitrogen and oxygen atoms in total. The molecular formula is C19H21N2OS+. The number of aliphatic hydroxyl groups excluding tert-OH is 1. The molecule has 0 amide bonds. The smallest absolute Gasteiger partial charge is 0.287 e. The van der Waals surface area contributed by atoms with Crippen LogP contribution in [0.5, 0.6) is 0 Å². The van der Waals surface area contributed by atoms with Crippen molar-refractivity contribution in [1.82, 2.24) is 5.32 Å². The van der Waals surface area contributed by atoms with E-state index in [9.17, 15) is 5.11 Å². The minimum absolute atomic E-state index is 0.144. The van der Waals surface area contributed by atoms with Crippen molar-refractivity contribution in [2.45, 2.75) is 13.8 Å². The van der Waals surface area contributed by atoms with Crippen LogP contribution in [0.25, 0.3) is 11.5 Å². The van der Waals surface area contributed by atoms with Crippen molar-refractivity contribution in [3.8, 4) is 0 Å². The molecule has 0 atom stereocenters. The van der Waals surface area contributed by atoms with Gasteiger partial charge in [0.25, 0.3) is 5.70 Å². The molecule has 0 aliphatic heterocycles. The Morgan fingerprint density at radius 1 is 1.22 bits per heavy atom. The van der Waals surface area contributed by atoms with Crippen LogP contribution in [0.15, 0.2) is 61.4 Å². The number of nitrogens with one attached hydrogen (secondary N) is 1. The number of pyridine rings is 1. The van der Waals surface area contributed by atoms with Crippen LogP contribution < -0.4 is 9.88 Å². The molecule has 1 heterocycles. The second-order valence-corrected chi connectivity index (χ2v) is 5.69. The zero-order valence-corrected chi connectivity index (χ0v) is 14.2. The van der Waals surface area contributed by atoms with Crippen molar-refractivity contribution >= 4 is 28.7 Å². The third kappa shape index (κ3) is 4.05. The van der Waals surface area contributed by atoms with Crippen LogP contribution in [0.1, 0.15) is 16.7 Å². The molecule has 0 aliphatic carbocycles. The zero-order valence-electron chi connectivity index (χ0n) is 13.4. The highest BCUT2D eigenvalue weighted by molar-refractivity contribution is 7.81.